The largest absolute Gasteiger partial charge is 0.397 e. The Morgan fingerprint density at radius 2 is 2.29 bits per heavy atom. The Bertz CT molecular complexity index is 638. The van der Waals surface area contributed by atoms with Crippen LogP contribution in [-0.4, -0.2) is 39.4 Å². The van der Waals surface area contributed by atoms with Gasteiger partial charge in [0.15, 0.2) is 5.69 Å². The van der Waals surface area contributed by atoms with E-state index in [0.29, 0.717) is 17.9 Å². The van der Waals surface area contributed by atoms with Crippen LogP contribution in [0.4, 0.5) is 5.69 Å². The third-order valence-corrected chi connectivity index (χ3v) is 3.11. The van der Waals surface area contributed by atoms with E-state index >= 15 is 0 Å². The van der Waals surface area contributed by atoms with Gasteiger partial charge in [0.1, 0.15) is 0 Å². The predicted octanol–water partition coefficient (Wildman–Crippen LogP) is 0.515. The lowest BCUT2D eigenvalue weighted by Gasteiger charge is -2.07. The number of nitrogen functional groups attached to an aromatic ring is 1. The minimum Gasteiger partial charge on any atom is -0.397 e. The van der Waals surface area contributed by atoms with Gasteiger partial charge in [-0.15, -0.1) is 0 Å². The second-order valence-corrected chi connectivity index (χ2v) is 4.95. The SMILES string of the molecule is CNC(=O)c1nc(-c2cnn(CC(C)CO)c2)ccc1N. The summed E-state index contributed by atoms with van der Waals surface area (Å²) in [5, 5.41) is 15.8. The van der Waals surface area contributed by atoms with Crippen molar-refractivity contribution in [1.82, 2.24) is 20.1 Å². The monoisotopic (exact) mass is 289 g/mol. The van der Waals surface area contributed by atoms with E-state index in [-0.39, 0.29) is 24.1 Å². The van der Waals surface area contributed by atoms with E-state index in [4.69, 9.17) is 10.8 Å². The Morgan fingerprint density at radius 3 is 2.95 bits per heavy atom. The summed E-state index contributed by atoms with van der Waals surface area (Å²) in [7, 11) is 1.53. The van der Waals surface area contributed by atoms with E-state index in [9.17, 15) is 4.79 Å². The molecule has 0 saturated heterocycles. The maximum atomic E-state index is 11.7. The maximum absolute atomic E-state index is 11.7. The fourth-order valence-electron chi connectivity index (χ4n) is 1.90. The molecule has 0 saturated carbocycles. The van der Waals surface area contributed by atoms with Crippen LogP contribution in [0.5, 0.6) is 0 Å². The zero-order chi connectivity index (χ0) is 15.4. The van der Waals surface area contributed by atoms with Crippen molar-refractivity contribution in [3.63, 3.8) is 0 Å². The van der Waals surface area contributed by atoms with Crippen LogP contribution in [0, 0.1) is 5.92 Å². The molecule has 1 atom stereocenters. The highest BCUT2D eigenvalue weighted by Gasteiger charge is 2.13. The van der Waals surface area contributed by atoms with Crippen molar-refractivity contribution >= 4 is 11.6 Å². The van der Waals surface area contributed by atoms with Crippen molar-refractivity contribution in [3.05, 3.63) is 30.2 Å². The van der Waals surface area contributed by atoms with E-state index in [2.05, 4.69) is 15.4 Å². The molecule has 0 radical (unpaired) electrons. The van der Waals surface area contributed by atoms with E-state index in [1.54, 1.807) is 23.0 Å². The molecule has 7 nitrogen and oxygen atoms in total. The van der Waals surface area contributed by atoms with Gasteiger partial charge in [0, 0.05) is 32.0 Å². The molecule has 112 valence electrons. The molecule has 1 amide bonds. The molecule has 1 unspecified atom stereocenters. The fraction of sp³-hybridized carbons (Fsp3) is 0.357. The number of nitrogens with zero attached hydrogens (tertiary/aromatic N) is 3. The summed E-state index contributed by atoms with van der Waals surface area (Å²) in [5.41, 5.74) is 7.72. The molecule has 7 heteroatoms. The molecule has 2 aromatic rings. The molecule has 2 aromatic heterocycles. The molecule has 0 aliphatic rings. The van der Waals surface area contributed by atoms with Gasteiger partial charge in [-0.3, -0.25) is 9.48 Å². The standard InChI is InChI=1S/C14H19N5O2/c1-9(8-20)6-19-7-10(5-17-19)12-4-3-11(15)13(18-12)14(21)16-2/h3-5,7,9,20H,6,8,15H2,1-2H3,(H,16,21). The Labute approximate surface area is 122 Å². The predicted molar refractivity (Wildman–Crippen MR) is 79.5 cm³/mol. The van der Waals surface area contributed by atoms with E-state index < -0.39 is 0 Å². The minimum absolute atomic E-state index is 0.107. The summed E-state index contributed by atoms with van der Waals surface area (Å²) in [6, 6.07) is 3.40. The number of aliphatic hydroxyl groups is 1. The van der Waals surface area contributed by atoms with Crippen LogP contribution in [0.15, 0.2) is 24.5 Å². The van der Waals surface area contributed by atoms with Crippen LogP contribution in [0.3, 0.4) is 0 Å². The lowest BCUT2D eigenvalue weighted by molar-refractivity contribution is 0.0959. The Morgan fingerprint density at radius 1 is 1.52 bits per heavy atom. The van der Waals surface area contributed by atoms with Crippen molar-refractivity contribution in [2.75, 3.05) is 19.4 Å². The number of pyridine rings is 1. The number of nitrogens with one attached hydrogen (secondary N) is 1. The smallest absolute Gasteiger partial charge is 0.271 e. The first-order valence-corrected chi connectivity index (χ1v) is 6.67. The van der Waals surface area contributed by atoms with Gasteiger partial charge in [0.05, 0.1) is 17.6 Å². The lowest BCUT2D eigenvalue weighted by atomic mass is 10.2. The van der Waals surface area contributed by atoms with Crippen LogP contribution in [0.2, 0.25) is 0 Å². The van der Waals surface area contributed by atoms with Crippen LogP contribution < -0.4 is 11.1 Å². The molecule has 0 aliphatic carbocycles. The van der Waals surface area contributed by atoms with E-state index in [1.165, 1.54) is 7.05 Å². The summed E-state index contributed by atoms with van der Waals surface area (Å²) < 4.78 is 1.74. The number of nitrogens with two attached hydrogens (primary N) is 1. The molecule has 4 N–H and O–H groups in total. The minimum atomic E-state index is -0.323. The number of carbonyl (C=O) groups is 1. The van der Waals surface area contributed by atoms with Gasteiger partial charge in [-0.25, -0.2) is 4.98 Å². The number of aromatic nitrogens is 3. The zero-order valence-electron chi connectivity index (χ0n) is 12.1. The van der Waals surface area contributed by atoms with Crippen molar-refractivity contribution < 1.29 is 9.90 Å². The van der Waals surface area contributed by atoms with E-state index in [0.717, 1.165) is 5.56 Å². The van der Waals surface area contributed by atoms with Gasteiger partial charge in [0.2, 0.25) is 0 Å². The van der Waals surface area contributed by atoms with Crippen LogP contribution in [0.1, 0.15) is 17.4 Å². The van der Waals surface area contributed by atoms with Gasteiger partial charge in [-0.05, 0) is 18.1 Å². The second kappa shape index (κ2) is 6.36. The van der Waals surface area contributed by atoms with Crippen LogP contribution in [0.25, 0.3) is 11.3 Å². The Kier molecular flexibility index (Phi) is 4.54. The highest BCUT2D eigenvalue weighted by atomic mass is 16.3. The number of aliphatic hydroxyl groups excluding tert-OH is 1. The first-order valence-electron chi connectivity index (χ1n) is 6.67. The van der Waals surface area contributed by atoms with Crippen molar-refractivity contribution in [2.45, 2.75) is 13.5 Å². The molecule has 0 fully saturated rings. The molecular weight excluding hydrogens is 270 g/mol. The van der Waals surface area contributed by atoms with Crippen molar-refractivity contribution in [1.29, 1.82) is 0 Å². The first-order chi connectivity index (χ1) is 10.0. The van der Waals surface area contributed by atoms with E-state index in [1.807, 2.05) is 13.1 Å². The Hall–Kier alpha value is -2.41. The Balaban J connectivity index is 2.28. The average Bonchev–Trinajstić information content (AvgIpc) is 2.95. The number of hydrogen-bond acceptors (Lipinski definition) is 5. The fourth-order valence-corrected chi connectivity index (χ4v) is 1.90. The highest BCUT2D eigenvalue weighted by Crippen LogP contribution is 2.20. The van der Waals surface area contributed by atoms with Crippen molar-refractivity contribution in [3.8, 4) is 11.3 Å². The molecule has 0 spiro atoms. The molecule has 21 heavy (non-hydrogen) atoms. The first kappa shape index (κ1) is 15.0. The quantitative estimate of drug-likeness (QED) is 0.744. The number of amides is 1. The highest BCUT2D eigenvalue weighted by molar-refractivity contribution is 5.97. The summed E-state index contributed by atoms with van der Waals surface area (Å²) in [6.45, 7) is 2.66. The molecular formula is C14H19N5O2. The summed E-state index contributed by atoms with van der Waals surface area (Å²) in [5.74, 6) is -0.200. The molecule has 0 aliphatic heterocycles. The second-order valence-electron chi connectivity index (χ2n) is 4.95. The molecule has 0 aromatic carbocycles. The van der Waals surface area contributed by atoms with Gasteiger partial charge in [-0.2, -0.15) is 5.10 Å². The van der Waals surface area contributed by atoms with Gasteiger partial charge in [-0.1, -0.05) is 6.92 Å². The molecule has 2 heterocycles. The topological polar surface area (TPSA) is 106 Å². The van der Waals surface area contributed by atoms with Gasteiger partial charge >= 0.3 is 0 Å². The summed E-state index contributed by atoms with van der Waals surface area (Å²) in [4.78, 5) is 16.0. The number of anilines is 1. The van der Waals surface area contributed by atoms with Crippen LogP contribution >= 0.6 is 0 Å². The average molecular weight is 289 g/mol. The third kappa shape index (κ3) is 3.38. The number of carbonyl (C=O) groups excluding carboxylic acids is 1. The molecule has 0 bridgehead atoms. The van der Waals surface area contributed by atoms with Crippen LogP contribution in [-0.2, 0) is 6.54 Å². The third-order valence-electron chi connectivity index (χ3n) is 3.11. The van der Waals surface area contributed by atoms with Crippen molar-refractivity contribution in [2.24, 2.45) is 5.92 Å². The van der Waals surface area contributed by atoms with Gasteiger partial charge < -0.3 is 16.2 Å². The summed E-state index contributed by atoms with van der Waals surface area (Å²) in [6.07, 6.45) is 3.51. The summed E-state index contributed by atoms with van der Waals surface area (Å²) >= 11 is 0. The number of rotatable bonds is 5. The zero-order valence-corrected chi connectivity index (χ0v) is 12.1. The van der Waals surface area contributed by atoms with Gasteiger partial charge in [0.25, 0.3) is 5.91 Å². The maximum Gasteiger partial charge on any atom is 0.271 e. The normalized spacial score (nSPS) is 12.1. The number of hydrogen-bond donors (Lipinski definition) is 3. The molecule has 2 rings (SSSR count). The lowest BCUT2D eigenvalue weighted by Crippen LogP contribution is -2.21.